The number of amides is 1. The number of carbonyl (C=O) groups excluding carboxylic acids is 2. The number of benzene rings is 1. The van der Waals surface area contributed by atoms with Crippen LogP contribution in [-0.4, -0.2) is 92.6 Å². The lowest BCUT2D eigenvalue weighted by Crippen LogP contribution is -2.43. The summed E-state index contributed by atoms with van der Waals surface area (Å²) < 4.78 is 7.19. The molecule has 1 saturated heterocycles. The van der Waals surface area contributed by atoms with Crippen LogP contribution in [0.2, 0.25) is 0 Å². The second-order valence-electron chi connectivity index (χ2n) is 13.4. The minimum Gasteiger partial charge on any atom is -0.460 e. The number of esters is 1. The molecule has 2 fully saturated rings. The first-order valence-electron chi connectivity index (χ1n) is 18.4. The molecule has 1 amide bonds. The average molecular weight is 690 g/mol. The van der Waals surface area contributed by atoms with Crippen molar-refractivity contribution in [3.8, 4) is 0 Å². The number of hydrogen-bond acceptors (Lipinski definition) is 12. The fourth-order valence-electron chi connectivity index (χ4n) is 6.41. The van der Waals surface area contributed by atoms with E-state index in [2.05, 4.69) is 41.5 Å². The molecular weight excluding hydrogens is 634 g/mol. The highest BCUT2D eigenvalue weighted by Crippen LogP contribution is 2.18. The van der Waals surface area contributed by atoms with Crippen molar-refractivity contribution in [2.24, 2.45) is 5.73 Å². The summed E-state index contributed by atoms with van der Waals surface area (Å²) in [5.74, 6) is 0.757. The average Bonchev–Trinajstić information content (AvgIpc) is 3.62. The highest BCUT2D eigenvalue weighted by molar-refractivity contribution is 5.79. The van der Waals surface area contributed by atoms with Gasteiger partial charge in [-0.3, -0.25) is 14.3 Å². The molecule has 3 aromatic rings. The summed E-state index contributed by atoms with van der Waals surface area (Å²) in [5, 5.41) is 22.5. The molecule has 1 aliphatic carbocycles. The molecule has 1 aliphatic heterocycles. The maximum Gasteiger partial charge on any atom is 0.323 e. The van der Waals surface area contributed by atoms with Crippen LogP contribution in [0.1, 0.15) is 81.9 Å². The van der Waals surface area contributed by atoms with Gasteiger partial charge < -0.3 is 36.6 Å². The lowest BCUT2D eigenvalue weighted by Gasteiger charge is -2.33. The van der Waals surface area contributed by atoms with Crippen molar-refractivity contribution >= 4 is 23.6 Å². The van der Waals surface area contributed by atoms with Gasteiger partial charge in [-0.2, -0.15) is 4.98 Å². The number of nitrogens with two attached hydrogens (primary N) is 1. The lowest BCUT2D eigenvalue weighted by molar-refractivity contribution is -0.146. The first-order chi connectivity index (χ1) is 24.5. The van der Waals surface area contributed by atoms with E-state index in [1.807, 2.05) is 52.2 Å². The van der Waals surface area contributed by atoms with Gasteiger partial charge in [-0.25, -0.2) is 4.98 Å². The maximum absolute atomic E-state index is 12.8. The molecule has 1 saturated carbocycles. The summed E-state index contributed by atoms with van der Waals surface area (Å²) in [4.78, 5) is 35.9. The van der Waals surface area contributed by atoms with Gasteiger partial charge >= 0.3 is 5.97 Å². The van der Waals surface area contributed by atoms with Gasteiger partial charge in [-0.1, -0.05) is 54.8 Å². The highest BCUT2D eigenvalue weighted by atomic mass is 16.5. The van der Waals surface area contributed by atoms with Gasteiger partial charge in [0, 0.05) is 44.3 Å². The molecule has 0 bridgehead atoms. The van der Waals surface area contributed by atoms with Crippen molar-refractivity contribution in [1.82, 2.24) is 40.5 Å². The Balaban J connectivity index is 0.915. The second-order valence-corrected chi connectivity index (χ2v) is 13.4. The van der Waals surface area contributed by atoms with E-state index in [0.29, 0.717) is 25.6 Å². The van der Waals surface area contributed by atoms with Crippen LogP contribution >= 0.6 is 0 Å². The molecule has 2 aromatic heterocycles. The zero-order valence-electron chi connectivity index (χ0n) is 29.3. The number of piperidine rings is 1. The van der Waals surface area contributed by atoms with Crippen LogP contribution < -0.4 is 27.0 Å². The van der Waals surface area contributed by atoms with Gasteiger partial charge in [0.05, 0.1) is 12.7 Å². The van der Waals surface area contributed by atoms with Gasteiger partial charge in [0.15, 0.2) is 0 Å². The Morgan fingerprint density at radius 3 is 2.58 bits per heavy atom. The Morgan fingerprint density at radius 1 is 0.960 bits per heavy atom. The molecule has 14 heteroatoms. The summed E-state index contributed by atoms with van der Waals surface area (Å²) in [7, 11) is 0. The predicted octanol–water partition coefficient (Wildman–Crippen LogP) is 3.23. The fraction of sp³-hybridized carbons (Fsp3) is 0.611. The van der Waals surface area contributed by atoms with Crippen molar-refractivity contribution in [3.63, 3.8) is 0 Å². The summed E-state index contributed by atoms with van der Waals surface area (Å²) >= 11 is 0. The van der Waals surface area contributed by atoms with Gasteiger partial charge in [-0.15, -0.1) is 5.10 Å². The van der Waals surface area contributed by atoms with Gasteiger partial charge in [0.2, 0.25) is 11.9 Å². The van der Waals surface area contributed by atoms with E-state index in [9.17, 15) is 9.59 Å². The molecule has 1 aromatic carbocycles. The minimum atomic E-state index is -0.824. The number of nitrogens with zero attached hydrogens (tertiary/aromatic N) is 6. The molecule has 0 spiro atoms. The quantitative estimate of drug-likeness (QED) is 0.0866. The monoisotopic (exact) mass is 689 g/mol. The molecular formula is C36H55N11O3. The standard InChI is InChI=1S/C36H55N11O3/c37-32(35(49)50-27-28-9-3-1-4-10-28)13-14-34(48)46-23-16-30(17-24-46)42-33-15-21-40-36(43-33)41-25-31-26-47(45-44-31)22-8-19-38-18-7-20-39-29-11-5-2-6-12-29/h1,3-4,9-10,15,21,26,29-30,32,38-39H,2,5-8,11-14,16-20,22-25,27,37H2,(H2,40,41,42,43)/t32-/m0/s1. The number of carbonyl (C=O) groups is 2. The topological polar surface area (TPSA) is 177 Å². The number of hydrogen-bond donors (Lipinski definition) is 5. The molecule has 272 valence electrons. The molecule has 2 aliphatic rings. The lowest BCUT2D eigenvalue weighted by atomic mass is 9.95. The summed E-state index contributed by atoms with van der Waals surface area (Å²) in [6, 6.07) is 11.4. The van der Waals surface area contributed by atoms with Crippen LogP contribution in [-0.2, 0) is 34.0 Å². The van der Waals surface area contributed by atoms with Crippen LogP contribution in [0, 0.1) is 0 Å². The second kappa shape index (κ2) is 20.5. The zero-order chi connectivity index (χ0) is 34.8. The van der Waals surface area contributed by atoms with Crippen LogP contribution in [0.5, 0.6) is 0 Å². The largest absolute Gasteiger partial charge is 0.460 e. The van der Waals surface area contributed by atoms with E-state index in [4.69, 9.17) is 10.5 Å². The maximum atomic E-state index is 12.8. The molecule has 3 heterocycles. The van der Waals surface area contributed by atoms with E-state index in [1.54, 1.807) is 6.20 Å². The molecule has 50 heavy (non-hydrogen) atoms. The molecule has 6 N–H and O–H groups in total. The van der Waals surface area contributed by atoms with E-state index in [-0.39, 0.29) is 31.4 Å². The third kappa shape index (κ3) is 13.0. The zero-order valence-corrected chi connectivity index (χ0v) is 29.3. The number of nitrogens with one attached hydrogen (secondary N) is 4. The Hall–Kier alpha value is -4.14. The SMILES string of the molecule is N[C@@H](CCC(=O)N1CCC(Nc2ccnc(NCc3cn(CCCNCCCNC4CCCCC4)nn3)n2)CC1)C(=O)OCc1ccccc1. The Kier molecular flexibility index (Phi) is 15.2. The van der Waals surface area contributed by atoms with Crippen molar-refractivity contribution in [2.45, 2.75) is 108 Å². The summed E-state index contributed by atoms with van der Waals surface area (Å²) in [6.07, 6.45) is 14.7. The molecule has 1 atom stereocenters. The molecule has 14 nitrogen and oxygen atoms in total. The summed E-state index contributed by atoms with van der Waals surface area (Å²) in [6.45, 7) is 5.81. The van der Waals surface area contributed by atoms with Gasteiger partial charge in [0.1, 0.15) is 24.2 Å². The van der Waals surface area contributed by atoms with E-state index in [1.165, 1.54) is 32.1 Å². The Morgan fingerprint density at radius 2 is 1.76 bits per heavy atom. The van der Waals surface area contributed by atoms with Crippen molar-refractivity contribution in [2.75, 3.05) is 43.4 Å². The van der Waals surface area contributed by atoms with Crippen LogP contribution in [0.25, 0.3) is 0 Å². The van der Waals surface area contributed by atoms with Crippen LogP contribution in [0.4, 0.5) is 11.8 Å². The van der Waals surface area contributed by atoms with Gasteiger partial charge in [-0.05, 0) is 76.2 Å². The first kappa shape index (κ1) is 37.1. The highest BCUT2D eigenvalue weighted by Gasteiger charge is 2.25. The van der Waals surface area contributed by atoms with Crippen LogP contribution in [0.15, 0.2) is 48.8 Å². The normalized spacial score (nSPS) is 16.2. The predicted molar refractivity (Wildman–Crippen MR) is 193 cm³/mol. The molecule has 5 rings (SSSR count). The molecule has 0 unspecified atom stereocenters. The van der Waals surface area contributed by atoms with E-state index >= 15 is 0 Å². The van der Waals surface area contributed by atoms with E-state index in [0.717, 1.165) is 75.0 Å². The number of aryl methyl sites for hydroxylation is 1. The first-order valence-corrected chi connectivity index (χ1v) is 18.4. The fourth-order valence-corrected chi connectivity index (χ4v) is 6.41. The van der Waals surface area contributed by atoms with Crippen LogP contribution in [0.3, 0.4) is 0 Å². The number of ether oxygens (including phenoxy) is 1. The number of rotatable bonds is 20. The number of aromatic nitrogens is 5. The van der Waals surface area contributed by atoms with Crippen molar-refractivity contribution < 1.29 is 14.3 Å². The van der Waals surface area contributed by atoms with Crippen molar-refractivity contribution in [3.05, 3.63) is 60.0 Å². The number of anilines is 2. The summed E-state index contributed by atoms with van der Waals surface area (Å²) in [5.41, 5.74) is 7.73. The molecule has 0 radical (unpaired) electrons. The Labute approximate surface area is 295 Å². The van der Waals surface area contributed by atoms with Gasteiger partial charge in [0.25, 0.3) is 0 Å². The van der Waals surface area contributed by atoms with E-state index < -0.39 is 12.0 Å². The smallest absolute Gasteiger partial charge is 0.323 e. The third-order valence-corrected chi connectivity index (χ3v) is 9.37. The Bertz CT molecular complexity index is 1430. The third-order valence-electron chi connectivity index (χ3n) is 9.37. The minimum absolute atomic E-state index is 0.00452. The van der Waals surface area contributed by atoms with Crippen molar-refractivity contribution in [1.29, 1.82) is 0 Å². The number of likely N-dealkylation sites (tertiary alicyclic amines) is 1.